The normalized spacial score (nSPS) is 18.3. The van der Waals surface area contributed by atoms with Crippen molar-refractivity contribution in [3.8, 4) is 0 Å². The van der Waals surface area contributed by atoms with Gasteiger partial charge < -0.3 is 21.7 Å². The molecule has 0 spiro atoms. The highest BCUT2D eigenvalue weighted by molar-refractivity contribution is 5.95. The van der Waals surface area contributed by atoms with Gasteiger partial charge in [-0.05, 0) is 69.8 Å². The molecule has 0 aromatic rings. The Morgan fingerprint density at radius 1 is 1.26 bits per heavy atom. The van der Waals surface area contributed by atoms with Gasteiger partial charge in [-0.3, -0.25) is 14.5 Å². The lowest BCUT2D eigenvalue weighted by Crippen LogP contribution is -2.49. The number of carbonyl (C=O) groups is 3. The van der Waals surface area contributed by atoms with Crippen molar-refractivity contribution in [1.29, 1.82) is 0 Å². The zero-order valence-corrected chi connectivity index (χ0v) is 21.4. The predicted molar refractivity (Wildman–Crippen MR) is 143 cm³/mol. The van der Waals surface area contributed by atoms with Gasteiger partial charge in [0.05, 0.1) is 12.5 Å². The largest absolute Gasteiger partial charge is 0.404 e. The van der Waals surface area contributed by atoms with Crippen molar-refractivity contribution >= 4 is 17.7 Å². The van der Waals surface area contributed by atoms with E-state index < -0.39 is 0 Å². The smallest absolute Gasteiger partial charge is 0.324 e. The quantitative estimate of drug-likeness (QED) is 0.209. The number of nitrogens with zero attached hydrogens (tertiary/aromatic N) is 1. The molecule has 0 unspecified atom stereocenters. The summed E-state index contributed by atoms with van der Waals surface area (Å²) >= 11 is 0. The maximum atomic E-state index is 13.5. The molecule has 1 atom stereocenters. The summed E-state index contributed by atoms with van der Waals surface area (Å²) in [4.78, 5) is 38.6. The molecule has 0 fully saturated rings. The maximum Gasteiger partial charge on any atom is 0.324 e. The van der Waals surface area contributed by atoms with E-state index in [0.717, 1.165) is 24.0 Å². The number of hydrogen-bond acceptors (Lipinski definition) is 6. The Morgan fingerprint density at radius 3 is 2.74 bits per heavy atom. The average Bonchev–Trinajstić information content (AvgIpc) is 2.81. The molecule has 35 heavy (non-hydrogen) atoms. The lowest BCUT2D eigenvalue weighted by molar-refractivity contribution is -0.132. The van der Waals surface area contributed by atoms with Crippen LogP contribution < -0.4 is 21.7 Å². The molecule has 0 bridgehead atoms. The summed E-state index contributed by atoms with van der Waals surface area (Å²) in [5, 5.41) is 9.02. The lowest BCUT2D eigenvalue weighted by atomic mass is 9.95. The van der Waals surface area contributed by atoms with E-state index in [2.05, 4.69) is 34.7 Å². The van der Waals surface area contributed by atoms with Crippen molar-refractivity contribution in [2.45, 2.75) is 46.0 Å². The minimum absolute atomic E-state index is 0.0481. The molecule has 0 radical (unpaired) electrons. The van der Waals surface area contributed by atoms with Gasteiger partial charge in [-0.15, -0.1) is 6.58 Å². The molecule has 0 heterocycles. The van der Waals surface area contributed by atoms with E-state index in [1.54, 1.807) is 12.3 Å². The van der Waals surface area contributed by atoms with Crippen LogP contribution in [0.3, 0.4) is 0 Å². The number of amides is 3. The number of nitrogens with one attached hydrogen (secondary N) is 3. The number of hydrogen-bond donors (Lipinski definition) is 4. The first-order valence-electron chi connectivity index (χ1n) is 12.5. The number of allylic oxidation sites excluding steroid dienone is 7. The molecule has 0 aliphatic heterocycles. The van der Waals surface area contributed by atoms with Crippen LogP contribution in [-0.2, 0) is 9.59 Å². The summed E-state index contributed by atoms with van der Waals surface area (Å²) in [6.45, 7) is 9.64. The molecule has 8 heteroatoms. The van der Waals surface area contributed by atoms with Gasteiger partial charge in [-0.25, -0.2) is 4.79 Å². The number of urea groups is 1. The van der Waals surface area contributed by atoms with Crippen LogP contribution in [0, 0.1) is 5.92 Å². The monoisotopic (exact) mass is 485 g/mol. The molecule has 1 aliphatic carbocycles. The van der Waals surface area contributed by atoms with Crippen molar-refractivity contribution in [2.75, 3.05) is 39.3 Å². The van der Waals surface area contributed by atoms with Gasteiger partial charge in [0.1, 0.15) is 5.78 Å². The minimum atomic E-state index is -0.390. The SMILES string of the molecule is C=CCNC[C@@H](CC/C=C1/C=C\C=C/CC/C1=C/N)C(=O)N(CCCNCC(C)=O)C(=O)NCC. The molecule has 0 aromatic heterocycles. The third-order valence-electron chi connectivity index (χ3n) is 5.53. The number of Topliss-reactive ketones (excluding diaryl/α,β-unsaturated/α-hetero) is 1. The summed E-state index contributed by atoms with van der Waals surface area (Å²) in [5.41, 5.74) is 8.00. The van der Waals surface area contributed by atoms with E-state index in [1.165, 1.54) is 11.8 Å². The third kappa shape index (κ3) is 12.3. The Balaban J connectivity index is 2.93. The molecule has 0 aromatic carbocycles. The van der Waals surface area contributed by atoms with Crippen LogP contribution in [0.1, 0.15) is 46.0 Å². The van der Waals surface area contributed by atoms with Gasteiger partial charge in [0.2, 0.25) is 5.91 Å². The Bertz CT molecular complexity index is 814. The molecular weight excluding hydrogens is 442 g/mol. The highest BCUT2D eigenvalue weighted by Gasteiger charge is 2.27. The minimum Gasteiger partial charge on any atom is -0.404 e. The van der Waals surface area contributed by atoms with Gasteiger partial charge in [0, 0.05) is 26.2 Å². The second kappa shape index (κ2) is 18.4. The first kappa shape index (κ1) is 30.1. The van der Waals surface area contributed by atoms with Crippen molar-refractivity contribution in [1.82, 2.24) is 20.9 Å². The summed E-state index contributed by atoms with van der Waals surface area (Å²) in [6, 6.07) is -0.390. The van der Waals surface area contributed by atoms with Crippen LogP contribution in [0.25, 0.3) is 0 Å². The Hall–Kier alpha value is -2.97. The van der Waals surface area contributed by atoms with Gasteiger partial charge >= 0.3 is 6.03 Å². The predicted octanol–water partition coefficient (Wildman–Crippen LogP) is 2.96. The van der Waals surface area contributed by atoms with Crippen LogP contribution in [0.4, 0.5) is 4.79 Å². The first-order valence-corrected chi connectivity index (χ1v) is 12.5. The van der Waals surface area contributed by atoms with E-state index in [4.69, 9.17) is 5.73 Å². The van der Waals surface area contributed by atoms with E-state index in [9.17, 15) is 14.4 Å². The highest BCUT2D eigenvalue weighted by Crippen LogP contribution is 2.21. The average molecular weight is 486 g/mol. The van der Waals surface area contributed by atoms with Gasteiger partial charge in [0.15, 0.2) is 0 Å². The molecule has 1 aliphatic rings. The van der Waals surface area contributed by atoms with Crippen LogP contribution in [0.2, 0.25) is 0 Å². The number of nitrogens with two attached hydrogens (primary N) is 1. The summed E-state index contributed by atoms with van der Waals surface area (Å²) in [7, 11) is 0. The Morgan fingerprint density at radius 2 is 2.06 bits per heavy atom. The fourth-order valence-corrected chi connectivity index (χ4v) is 3.72. The van der Waals surface area contributed by atoms with Crippen molar-refractivity contribution < 1.29 is 14.4 Å². The fraction of sp³-hybridized carbons (Fsp3) is 0.519. The Labute approximate surface area is 210 Å². The fourth-order valence-electron chi connectivity index (χ4n) is 3.72. The van der Waals surface area contributed by atoms with Crippen molar-refractivity contribution in [3.05, 3.63) is 60.4 Å². The van der Waals surface area contributed by atoms with E-state index in [-0.39, 0.29) is 36.7 Å². The van der Waals surface area contributed by atoms with Crippen LogP contribution in [-0.4, -0.2) is 61.9 Å². The number of rotatable bonds is 15. The second-order valence-corrected chi connectivity index (χ2v) is 8.46. The topological polar surface area (TPSA) is 117 Å². The number of carbonyl (C=O) groups excluding carboxylic acids is 3. The van der Waals surface area contributed by atoms with Gasteiger partial charge in [-0.1, -0.05) is 36.5 Å². The number of ketones is 1. The lowest BCUT2D eigenvalue weighted by Gasteiger charge is -2.26. The molecule has 5 N–H and O–H groups in total. The summed E-state index contributed by atoms with van der Waals surface area (Å²) < 4.78 is 0. The Kier molecular flexibility index (Phi) is 15.8. The third-order valence-corrected chi connectivity index (χ3v) is 5.53. The van der Waals surface area contributed by atoms with Crippen molar-refractivity contribution in [2.24, 2.45) is 11.7 Å². The maximum absolute atomic E-state index is 13.5. The molecule has 3 amide bonds. The molecule has 1 rings (SSSR count). The van der Waals surface area contributed by atoms with Gasteiger partial charge in [0.25, 0.3) is 0 Å². The molecule has 194 valence electrons. The molecule has 0 saturated carbocycles. The van der Waals surface area contributed by atoms with E-state index in [1.807, 2.05) is 25.2 Å². The zero-order valence-electron chi connectivity index (χ0n) is 21.4. The molecule has 8 nitrogen and oxygen atoms in total. The van der Waals surface area contributed by atoms with Crippen LogP contribution in [0.15, 0.2) is 60.4 Å². The molecular formula is C27H43N5O3. The second-order valence-electron chi connectivity index (χ2n) is 8.46. The zero-order chi connectivity index (χ0) is 25.9. The van der Waals surface area contributed by atoms with E-state index in [0.29, 0.717) is 45.4 Å². The summed E-state index contributed by atoms with van der Waals surface area (Å²) in [6.07, 6.45) is 17.3. The summed E-state index contributed by atoms with van der Waals surface area (Å²) in [5.74, 6) is -0.530. The van der Waals surface area contributed by atoms with Crippen LogP contribution in [0.5, 0.6) is 0 Å². The first-order chi connectivity index (χ1) is 16.9. The highest BCUT2D eigenvalue weighted by atomic mass is 16.2. The van der Waals surface area contributed by atoms with Gasteiger partial charge in [-0.2, -0.15) is 0 Å². The van der Waals surface area contributed by atoms with Crippen LogP contribution >= 0.6 is 0 Å². The molecule has 0 saturated heterocycles. The van der Waals surface area contributed by atoms with Crippen molar-refractivity contribution in [3.63, 3.8) is 0 Å². The van der Waals surface area contributed by atoms with E-state index >= 15 is 0 Å². The standard InChI is InChI=1S/C27H43N5O3/c1-4-16-29-21-25(15-10-14-23-12-8-6-7-9-13-24(23)19-28)26(34)32(27(35)31-5-2)18-11-17-30-20-22(3)33/h4,6-8,12,14,19,25,29-30H,1,5,9-11,13,15-18,20-21,28H2,2-3H3,(H,31,35)/b7-6-,12-8-,23-14-,24-19-/t25-/m1/s1. The number of imide groups is 1.